The third-order valence-electron chi connectivity index (χ3n) is 6.49. The second-order valence-electron chi connectivity index (χ2n) is 10.0. The summed E-state index contributed by atoms with van der Waals surface area (Å²) in [5, 5.41) is 4.83. The fourth-order valence-electron chi connectivity index (χ4n) is 4.16. The molecule has 0 spiro atoms. The Labute approximate surface area is 238 Å². The summed E-state index contributed by atoms with van der Waals surface area (Å²) in [6.45, 7) is 3.26. The normalized spacial score (nSPS) is 12.7. The molecule has 2 N–H and O–H groups in total. The number of rotatable bonds is 14. The molecular formula is C32H34F2N2O5. The molecule has 0 aliphatic carbocycles. The van der Waals surface area contributed by atoms with Crippen LogP contribution in [0.3, 0.4) is 0 Å². The highest BCUT2D eigenvalue weighted by atomic mass is 19.3. The third-order valence-corrected chi connectivity index (χ3v) is 6.49. The zero-order valence-corrected chi connectivity index (χ0v) is 23.0. The van der Waals surface area contributed by atoms with Gasteiger partial charge in [0.25, 0.3) is 0 Å². The van der Waals surface area contributed by atoms with Crippen LogP contribution in [0.1, 0.15) is 37.0 Å². The van der Waals surface area contributed by atoms with Crippen LogP contribution in [0, 0.1) is 5.92 Å². The highest BCUT2D eigenvalue weighted by Crippen LogP contribution is 2.23. The number of carbonyl (C=O) groups excluding carboxylic acids is 4. The minimum Gasteiger partial charge on any atom is -0.445 e. The zero-order valence-electron chi connectivity index (χ0n) is 23.0. The molecule has 0 unspecified atom stereocenters. The Kier molecular flexibility index (Phi) is 11.3. The van der Waals surface area contributed by atoms with Crippen LogP contribution in [-0.4, -0.2) is 41.6 Å². The van der Waals surface area contributed by atoms with Crippen molar-refractivity contribution in [3.63, 3.8) is 0 Å². The first kappa shape index (κ1) is 31.1. The van der Waals surface area contributed by atoms with E-state index >= 15 is 8.78 Å². The van der Waals surface area contributed by atoms with Crippen LogP contribution < -0.4 is 10.6 Å². The smallest absolute Gasteiger partial charge is 0.408 e. The van der Waals surface area contributed by atoms with Gasteiger partial charge in [-0.25, -0.2) is 4.79 Å². The largest absolute Gasteiger partial charge is 0.445 e. The number of nitrogens with one attached hydrogen (secondary N) is 2. The average molecular weight is 565 g/mol. The standard InChI is InChI=1S/C32H34F2N2O5/c1-22(2)28(36-31(40)41-21-25-16-10-5-11-17-25)30(39)35-26(20-24-14-8-4-9-15-24)29(38)32(33,34)27(37)19-18-23-12-6-3-7-13-23/h3-17,22,26,28H,18-21H2,1-2H3,(H,35,39)(H,36,40)/t26-,28-/m0/s1. The minimum absolute atomic E-state index is 0.0362. The molecular weight excluding hydrogens is 530 g/mol. The zero-order chi connectivity index (χ0) is 29.8. The Bertz CT molecular complexity index is 1300. The first-order valence-corrected chi connectivity index (χ1v) is 13.4. The van der Waals surface area contributed by atoms with Gasteiger partial charge < -0.3 is 15.4 Å². The van der Waals surface area contributed by atoms with Crippen molar-refractivity contribution in [2.45, 2.75) is 57.7 Å². The van der Waals surface area contributed by atoms with Crippen molar-refractivity contribution in [1.82, 2.24) is 10.6 Å². The lowest BCUT2D eigenvalue weighted by Crippen LogP contribution is -2.57. The molecule has 0 aliphatic heterocycles. The van der Waals surface area contributed by atoms with Crippen molar-refractivity contribution in [2.24, 2.45) is 5.92 Å². The molecule has 0 radical (unpaired) electrons. The van der Waals surface area contributed by atoms with Crippen molar-refractivity contribution in [3.8, 4) is 0 Å². The van der Waals surface area contributed by atoms with Gasteiger partial charge >= 0.3 is 12.0 Å². The topological polar surface area (TPSA) is 102 Å². The Morgan fingerprint density at radius 2 is 1.27 bits per heavy atom. The molecule has 3 aromatic carbocycles. The van der Waals surface area contributed by atoms with Gasteiger partial charge in [0, 0.05) is 12.8 Å². The van der Waals surface area contributed by atoms with Crippen molar-refractivity contribution in [2.75, 3.05) is 0 Å². The van der Waals surface area contributed by atoms with Crippen LogP contribution in [0.15, 0.2) is 91.0 Å². The van der Waals surface area contributed by atoms with Gasteiger partial charge in [0.1, 0.15) is 12.6 Å². The Hall–Kier alpha value is -4.40. The van der Waals surface area contributed by atoms with Crippen molar-refractivity contribution >= 4 is 23.6 Å². The fourth-order valence-corrected chi connectivity index (χ4v) is 4.16. The maximum absolute atomic E-state index is 15.2. The Morgan fingerprint density at radius 1 is 0.756 bits per heavy atom. The average Bonchev–Trinajstić information content (AvgIpc) is 2.98. The summed E-state index contributed by atoms with van der Waals surface area (Å²) in [7, 11) is 0. The number of amides is 2. The van der Waals surface area contributed by atoms with Crippen LogP contribution in [-0.2, 0) is 38.6 Å². The second-order valence-corrected chi connectivity index (χ2v) is 10.0. The molecule has 216 valence electrons. The van der Waals surface area contributed by atoms with E-state index in [4.69, 9.17) is 4.74 Å². The van der Waals surface area contributed by atoms with Crippen molar-refractivity contribution in [1.29, 1.82) is 0 Å². The summed E-state index contributed by atoms with van der Waals surface area (Å²) >= 11 is 0. The highest BCUT2D eigenvalue weighted by Gasteiger charge is 2.49. The van der Waals surface area contributed by atoms with Crippen LogP contribution in [0.25, 0.3) is 0 Å². The molecule has 0 aromatic heterocycles. The quantitative estimate of drug-likeness (QED) is 0.266. The van der Waals surface area contributed by atoms with Crippen LogP contribution in [0.2, 0.25) is 0 Å². The monoisotopic (exact) mass is 564 g/mol. The van der Waals surface area contributed by atoms with Crippen LogP contribution in [0.5, 0.6) is 0 Å². The second kappa shape index (κ2) is 14.8. The molecule has 0 aliphatic rings. The van der Waals surface area contributed by atoms with E-state index in [1.807, 2.05) is 6.07 Å². The summed E-state index contributed by atoms with van der Waals surface area (Å²) in [4.78, 5) is 51.4. The van der Waals surface area contributed by atoms with Gasteiger partial charge in [0.05, 0.1) is 6.04 Å². The molecule has 3 aromatic rings. The SMILES string of the molecule is CC(C)[C@H](NC(=O)OCc1ccccc1)C(=O)N[C@@H](Cc1ccccc1)C(=O)C(F)(F)C(=O)CCc1ccccc1. The number of carbonyl (C=O) groups is 4. The highest BCUT2D eigenvalue weighted by molar-refractivity contribution is 6.11. The summed E-state index contributed by atoms with van der Waals surface area (Å²) < 4.78 is 35.6. The van der Waals surface area contributed by atoms with Gasteiger partial charge in [0.15, 0.2) is 0 Å². The van der Waals surface area contributed by atoms with Crippen LogP contribution >= 0.6 is 0 Å². The summed E-state index contributed by atoms with van der Waals surface area (Å²) in [6, 6.07) is 23.0. The molecule has 41 heavy (non-hydrogen) atoms. The number of hydrogen-bond donors (Lipinski definition) is 2. The number of alkyl halides is 2. The Morgan fingerprint density at radius 3 is 1.80 bits per heavy atom. The summed E-state index contributed by atoms with van der Waals surface area (Å²) in [5.41, 5.74) is 1.93. The van der Waals surface area contributed by atoms with Gasteiger partial charge in [-0.3, -0.25) is 14.4 Å². The van der Waals surface area contributed by atoms with Gasteiger partial charge in [-0.1, -0.05) is 105 Å². The Balaban J connectivity index is 1.73. The molecule has 3 rings (SSSR count). The third kappa shape index (κ3) is 9.34. The first-order valence-electron chi connectivity index (χ1n) is 13.4. The maximum Gasteiger partial charge on any atom is 0.408 e. The number of hydrogen-bond acceptors (Lipinski definition) is 5. The summed E-state index contributed by atoms with van der Waals surface area (Å²) in [5.74, 6) is -8.88. The van der Waals surface area contributed by atoms with Gasteiger partial charge in [-0.2, -0.15) is 8.78 Å². The van der Waals surface area contributed by atoms with E-state index in [1.165, 1.54) is 0 Å². The van der Waals surface area contributed by atoms with Crippen molar-refractivity contribution < 1.29 is 32.7 Å². The number of benzene rings is 3. The summed E-state index contributed by atoms with van der Waals surface area (Å²) in [6.07, 6.45) is -1.65. The van der Waals surface area contributed by atoms with E-state index in [-0.39, 0.29) is 19.4 Å². The van der Waals surface area contributed by atoms with E-state index in [0.29, 0.717) is 11.1 Å². The number of aryl methyl sites for hydroxylation is 1. The van der Waals surface area contributed by atoms with E-state index in [2.05, 4.69) is 10.6 Å². The number of halogens is 2. The molecule has 0 fully saturated rings. The predicted octanol–water partition coefficient (Wildman–Crippen LogP) is 5.07. The van der Waals surface area contributed by atoms with Crippen LogP contribution in [0.4, 0.5) is 13.6 Å². The first-order chi connectivity index (χ1) is 19.6. The lowest BCUT2D eigenvalue weighted by atomic mass is 9.93. The number of ether oxygens (including phenoxy) is 1. The lowest BCUT2D eigenvalue weighted by molar-refractivity contribution is -0.159. The van der Waals surface area contributed by atoms with Gasteiger partial charge in [-0.05, 0) is 29.0 Å². The number of Topliss-reactive ketones (excluding diaryl/α,β-unsaturated/α-hetero) is 2. The molecule has 2 atom stereocenters. The van der Waals surface area contributed by atoms with Gasteiger partial charge in [-0.15, -0.1) is 0 Å². The maximum atomic E-state index is 15.2. The molecule has 2 amide bonds. The van der Waals surface area contributed by atoms with Crippen molar-refractivity contribution in [3.05, 3.63) is 108 Å². The predicted molar refractivity (Wildman–Crippen MR) is 150 cm³/mol. The molecule has 0 saturated heterocycles. The molecule has 7 nitrogen and oxygen atoms in total. The molecule has 0 bridgehead atoms. The molecule has 9 heteroatoms. The van der Waals surface area contributed by atoms with E-state index in [9.17, 15) is 19.2 Å². The van der Waals surface area contributed by atoms with Gasteiger partial charge in [0.2, 0.25) is 17.5 Å². The van der Waals surface area contributed by atoms with E-state index in [1.54, 1.807) is 98.8 Å². The molecule has 0 heterocycles. The molecule has 0 saturated carbocycles. The lowest BCUT2D eigenvalue weighted by Gasteiger charge is -2.26. The number of ketones is 2. The minimum atomic E-state index is -4.32. The van der Waals surface area contributed by atoms with E-state index < -0.39 is 53.9 Å². The fraction of sp³-hybridized carbons (Fsp3) is 0.312. The van der Waals surface area contributed by atoms with E-state index in [0.717, 1.165) is 5.56 Å². The number of alkyl carbamates (subject to hydrolysis) is 1.